The summed E-state index contributed by atoms with van der Waals surface area (Å²) in [5, 5.41) is 0. The summed E-state index contributed by atoms with van der Waals surface area (Å²) in [6.07, 6.45) is 7.75. The molecule has 0 aromatic carbocycles. The van der Waals surface area contributed by atoms with Crippen LogP contribution in [0.2, 0.25) is 0 Å². The monoisotopic (exact) mass is 234 g/mol. The van der Waals surface area contributed by atoms with Crippen molar-refractivity contribution < 1.29 is 4.99 Å². The maximum atomic E-state index is 3.69. The first-order valence-electron chi connectivity index (χ1n) is 7.11. The Morgan fingerprint density at radius 3 is 2.59 bits per heavy atom. The van der Waals surface area contributed by atoms with Crippen LogP contribution in [0.5, 0.6) is 0 Å². The summed E-state index contributed by atoms with van der Waals surface area (Å²) in [6.45, 7) is 13.0. The zero-order chi connectivity index (χ0) is 12.7. The lowest BCUT2D eigenvalue weighted by atomic mass is 9.59. The van der Waals surface area contributed by atoms with Gasteiger partial charge in [-0.1, -0.05) is 32.4 Å². The molecule has 0 saturated carbocycles. The first-order chi connectivity index (χ1) is 7.86. The fourth-order valence-electron chi connectivity index (χ4n) is 3.94. The van der Waals surface area contributed by atoms with E-state index >= 15 is 0 Å². The maximum absolute atomic E-state index is 3.69. The van der Waals surface area contributed by atoms with E-state index < -0.39 is 0 Å². The molecule has 0 unspecified atom stereocenters. The molecule has 2 aliphatic rings. The molecule has 96 valence electrons. The lowest BCUT2D eigenvalue weighted by molar-refractivity contribution is -0.462. The van der Waals surface area contributed by atoms with Gasteiger partial charge in [0.15, 0.2) is 5.71 Å². The molecule has 0 aromatic heterocycles. The van der Waals surface area contributed by atoms with Crippen LogP contribution in [-0.2, 0) is 0 Å². The van der Waals surface area contributed by atoms with E-state index in [1.54, 1.807) is 11.3 Å². The third kappa shape index (κ3) is 2.34. The van der Waals surface area contributed by atoms with E-state index in [0.29, 0.717) is 16.7 Å². The molecule has 1 aliphatic heterocycles. The minimum atomic E-state index is 0.402. The minimum absolute atomic E-state index is 0.402. The topological polar surface area (TPSA) is 14.0 Å². The zero-order valence-electron chi connectivity index (χ0n) is 12.2. The quantitative estimate of drug-likeness (QED) is 0.620. The second-order valence-electron chi connectivity index (χ2n) is 7.10. The van der Waals surface area contributed by atoms with Crippen molar-refractivity contribution in [3.8, 4) is 0 Å². The van der Waals surface area contributed by atoms with Crippen LogP contribution in [0.4, 0.5) is 0 Å². The summed E-state index contributed by atoms with van der Waals surface area (Å²) < 4.78 is 0. The average Bonchev–Trinajstić information content (AvgIpc) is 2.32. The molecule has 1 spiro atoms. The lowest BCUT2D eigenvalue weighted by Gasteiger charge is -2.42. The maximum Gasteiger partial charge on any atom is 0.154 e. The van der Waals surface area contributed by atoms with E-state index in [1.807, 2.05) is 0 Å². The molecular weight excluding hydrogens is 206 g/mol. The van der Waals surface area contributed by atoms with Crippen molar-refractivity contribution in [2.75, 3.05) is 6.54 Å². The molecule has 17 heavy (non-hydrogen) atoms. The van der Waals surface area contributed by atoms with Crippen LogP contribution in [0.15, 0.2) is 11.6 Å². The molecular formula is C16H28N+. The molecule has 2 rings (SSSR count). The Morgan fingerprint density at radius 1 is 1.24 bits per heavy atom. The number of nitrogens with one attached hydrogen (secondary N) is 1. The molecule has 2 atom stereocenters. The van der Waals surface area contributed by atoms with Crippen LogP contribution in [0.25, 0.3) is 0 Å². The van der Waals surface area contributed by atoms with Crippen molar-refractivity contribution in [1.29, 1.82) is 0 Å². The molecule has 1 heteroatoms. The van der Waals surface area contributed by atoms with Gasteiger partial charge in [-0.15, -0.1) is 0 Å². The summed E-state index contributed by atoms with van der Waals surface area (Å²) in [6, 6.07) is 0. The summed E-state index contributed by atoms with van der Waals surface area (Å²) in [5.41, 5.74) is 4.00. The molecule has 1 N–H and O–H groups in total. The van der Waals surface area contributed by atoms with Gasteiger partial charge in [0.05, 0.1) is 5.41 Å². The Balaban J connectivity index is 2.39. The van der Waals surface area contributed by atoms with Crippen molar-refractivity contribution in [3.05, 3.63) is 11.6 Å². The van der Waals surface area contributed by atoms with Gasteiger partial charge < -0.3 is 0 Å². The highest BCUT2D eigenvalue weighted by Gasteiger charge is 2.47. The van der Waals surface area contributed by atoms with Gasteiger partial charge in [-0.2, -0.15) is 0 Å². The second kappa shape index (κ2) is 4.26. The van der Waals surface area contributed by atoms with Gasteiger partial charge in [0.1, 0.15) is 6.54 Å². The summed E-state index contributed by atoms with van der Waals surface area (Å²) >= 11 is 0. The summed E-state index contributed by atoms with van der Waals surface area (Å²) in [5.74, 6) is 0.682. The second-order valence-corrected chi connectivity index (χ2v) is 7.10. The standard InChI is InChI=1S/C16H27N/c1-12-6-7-16(13(2)10-12)11-15(4,5)8-9-17-14(16)3/h10,13H,6-9,11H2,1-5H3/p+1/t13-,16-/m1/s1. The first kappa shape index (κ1) is 12.9. The molecule has 0 saturated heterocycles. The third-order valence-corrected chi connectivity index (χ3v) is 5.10. The fraction of sp³-hybridized carbons (Fsp3) is 0.812. The molecule has 0 radical (unpaired) electrons. The van der Waals surface area contributed by atoms with Gasteiger partial charge in [0.25, 0.3) is 0 Å². The van der Waals surface area contributed by atoms with Gasteiger partial charge >= 0.3 is 0 Å². The molecule has 1 aliphatic carbocycles. The van der Waals surface area contributed by atoms with Crippen LogP contribution in [0.1, 0.15) is 60.3 Å². The van der Waals surface area contributed by atoms with Crippen molar-refractivity contribution in [3.63, 3.8) is 0 Å². The number of hydrogen-bond acceptors (Lipinski definition) is 0. The Bertz CT molecular complexity index is 362. The fourth-order valence-corrected chi connectivity index (χ4v) is 3.94. The van der Waals surface area contributed by atoms with E-state index in [0.717, 1.165) is 6.54 Å². The molecule has 0 fully saturated rings. The van der Waals surface area contributed by atoms with Gasteiger partial charge in [-0.3, -0.25) is 0 Å². The number of hydrogen-bond donors (Lipinski definition) is 1. The van der Waals surface area contributed by atoms with E-state index in [1.165, 1.54) is 25.7 Å². The molecule has 1 heterocycles. The SMILES string of the molecule is CC1=C[C@@H](C)[C@@]2(CC1)CC(C)(C)CC[NH+]=C2C. The van der Waals surface area contributed by atoms with Crippen LogP contribution in [0.3, 0.4) is 0 Å². The molecule has 1 nitrogen and oxygen atoms in total. The highest BCUT2D eigenvalue weighted by atomic mass is 14.8. The highest BCUT2D eigenvalue weighted by molar-refractivity contribution is 5.83. The van der Waals surface area contributed by atoms with Gasteiger partial charge in [0, 0.05) is 13.3 Å². The van der Waals surface area contributed by atoms with E-state index in [2.05, 4.69) is 45.7 Å². The Kier molecular flexibility index (Phi) is 3.22. The summed E-state index contributed by atoms with van der Waals surface area (Å²) in [4.78, 5) is 3.69. The molecule has 0 aromatic rings. The number of allylic oxidation sites excluding steroid dienone is 2. The van der Waals surface area contributed by atoms with Gasteiger partial charge in [-0.05, 0) is 37.5 Å². The molecule has 0 amide bonds. The Morgan fingerprint density at radius 2 is 1.94 bits per heavy atom. The average molecular weight is 234 g/mol. The van der Waals surface area contributed by atoms with Crippen LogP contribution in [-0.4, -0.2) is 12.3 Å². The Labute approximate surface area is 106 Å². The van der Waals surface area contributed by atoms with Crippen molar-refractivity contribution in [2.24, 2.45) is 16.7 Å². The van der Waals surface area contributed by atoms with Crippen molar-refractivity contribution >= 4 is 5.71 Å². The van der Waals surface area contributed by atoms with Crippen molar-refractivity contribution in [2.45, 2.75) is 60.3 Å². The molecule has 0 bridgehead atoms. The van der Waals surface area contributed by atoms with E-state index in [9.17, 15) is 0 Å². The van der Waals surface area contributed by atoms with E-state index in [-0.39, 0.29) is 0 Å². The first-order valence-corrected chi connectivity index (χ1v) is 7.11. The van der Waals surface area contributed by atoms with Gasteiger partial charge in [0.2, 0.25) is 0 Å². The van der Waals surface area contributed by atoms with Gasteiger partial charge in [-0.25, -0.2) is 4.99 Å². The van der Waals surface area contributed by atoms with Crippen LogP contribution >= 0.6 is 0 Å². The van der Waals surface area contributed by atoms with Crippen LogP contribution in [0, 0.1) is 16.7 Å². The highest BCUT2D eigenvalue weighted by Crippen LogP contribution is 2.49. The predicted octanol–water partition coefficient (Wildman–Crippen LogP) is 2.71. The third-order valence-electron chi connectivity index (χ3n) is 5.10. The van der Waals surface area contributed by atoms with Crippen molar-refractivity contribution in [1.82, 2.24) is 0 Å². The van der Waals surface area contributed by atoms with E-state index in [4.69, 9.17) is 0 Å². The van der Waals surface area contributed by atoms with Crippen LogP contribution < -0.4 is 4.99 Å². The Hall–Kier alpha value is -0.590. The normalized spacial score (nSPS) is 37.4. The smallest absolute Gasteiger partial charge is 0.154 e. The summed E-state index contributed by atoms with van der Waals surface area (Å²) in [7, 11) is 0. The minimum Gasteiger partial charge on any atom is -0.249 e. The predicted molar refractivity (Wildman–Crippen MR) is 74.1 cm³/mol. The largest absolute Gasteiger partial charge is 0.249 e. The number of rotatable bonds is 0. The lowest BCUT2D eigenvalue weighted by Crippen LogP contribution is -2.75. The zero-order valence-corrected chi connectivity index (χ0v) is 12.2.